The molecule has 0 spiro atoms. The number of ether oxygens (including phenoxy) is 1. The fourth-order valence-corrected chi connectivity index (χ4v) is 12.4. The second-order valence-electron chi connectivity index (χ2n) is 22.5. The molecule has 2 aliphatic carbocycles. The number of carbonyl (C=O) groups is 1. The summed E-state index contributed by atoms with van der Waals surface area (Å²) in [5.41, 5.74) is 4.92. The number of hydrogen-bond acceptors (Lipinski definition) is 12. The summed E-state index contributed by atoms with van der Waals surface area (Å²) in [6, 6.07) is 13.4. The number of benzene rings is 1. The van der Waals surface area contributed by atoms with Crippen molar-refractivity contribution in [3.8, 4) is 11.1 Å². The van der Waals surface area contributed by atoms with E-state index in [-0.39, 0.29) is 50.7 Å². The highest BCUT2D eigenvalue weighted by atomic mass is 32.1. The molecular formula is C49H69N7O5SSi. The van der Waals surface area contributed by atoms with E-state index in [4.69, 9.17) is 29.0 Å². The maximum absolute atomic E-state index is 14.0. The zero-order valence-electron chi connectivity index (χ0n) is 40.1. The highest BCUT2D eigenvalue weighted by Gasteiger charge is 2.58. The van der Waals surface area contributed by atoms with E-state index >= 15 is 0 Å². The normalized spacial score (nSPS) is 22.7. The molecule has 3 unspecified atom stereocenters. The van der Waals surface area contributed by atoms with Crippen molar-refractivity contribution >= 4 is 46.6 Å². The number of hydrogen-bond donors (Lipinski definition) is 1. The molecule has 12 nitrogen and oxygen atoms in total. The first kappa shape index (κ1) is 47.1. The van der Waals surface area contributed by atoms with Crippen LogP contribution in [0, 0.1) is 30.1 Å². The number of fused-ring (bicyclic) bond motifs is 3. The Labute approximate surface area is 379 Å². The van der Waals surface area contributed by atoms with Crippen molar-refractivity contribution in [2.45, 2.75) is 158 Å². The number of thiazole rings is 1. The third kappa shape index (κ3) is 10.8. The van der Waals surface area contributed by atoms with Crippen LogP contribution in [-0.2, 0) is 32.1 Å². The van der Waals surface area contributed by atoms with Crippen LogP contribution in [-0.4, -0.2) is 68.5 Å². The standard InChI is InChI=1S/C49H69N7O5SSi/c1-32-23-38(54-55-42(32)53-43-52-36-17-15-16-18-40(36)62-43)41(57)37-20-19-34(39(51-37)25-59-61-44(3,4)5)35-24-50-56(33(35)2)31-48(12)28-47(11)26-46(9,10)27-49(29-47,30-48)58-21-22-60-63(13,14)45(6,7)8/h15-20,23-24H,21-22,25-31H2,1-14H3,(H,52,53,55). The summed E-state index contributed by atoms with van der Waals surface area (Å²) < 4.78 is 16.9. The van der Waals surface area contributed by atoms with E-state index < -0.39 is 13.9 Å². The van der Waals surface area contributed by atoms with Crippen molar-refractivity contribution in [1.29, 1.82) is 0 Å². The van der Waals surface area contributed by atoms with Gasteiger partial charge in [0.1, 0.15) is 18.0 Å². The lowest BCUT2D eigenvalue weighted by Crippen LogP contribution is -2.57. The van der Waals surface area contributed by atoms with Gasteiger partial charge < -0.3 is 14.5 Å². The average molecular weight is 896 g/mol. The van der Waals surface area contributed by atoms with Gasteiger partial charge in [-0.15, -0.1) is 10.2 Å². The molecule has 4 aromatic heterocycles. The smallest absolute Gasteiger partial charge is 0.231 e. The summed E-state index contributed by atoms with van der Waals surface area (Å²) >= 11 is 1.53. The van der Waals surface area contributed by atoms with E-state index in [0.717, 1.165) is 71.2 Å². The number of nitrogens with zero attached hydrogens (tertiary/aromatic N) is 6. The van der Waals surface area contributed by atoms with Gasteiger partial charge in [0.15, 0.2) is 19.3 Å². The molecule has 0 saturated heterocycles. The number of pyridine rings is 1. The molecule has 0 radical (unpaired) electrons. The Morgan fingerprint density at radius 2 is 1.62 bits per heavy atom. The van der Waals surface area contributed by atoms with Crippen molar-refractivity contribution in [1.82, 2.24) is 29.9 Å². The molecule has 3 atom stereocenters. The van der Waals surface area contributed by atoms with Gasteiger partial charge in [-0.05, 0) is 131 Å². The summed E-state index contributed by atoms with van der Waals surface area (Å²) in [6.07, 6.45) is 7.22. The molecule has 2 bridgehead atoms. The Morgan fingerprint density at radius 3 is 2.32 bits per heavy atom. The van der Waals surface area contributed by atoms with Gasteiger partial charge in [0.25, 0.3) is 0 Å². The Morgan fingerprint density at radius 1 is 0.873 bits per heavy atom. The number of para-hydroxylation sites is 1. The monoisotopic (exact) mass is 895 g/mol. The van der Waals surface area contributed by atoms with E-state index in [1.807, 2.05) is 64.2 Å². The number of aryl methyl sites for hydroxylation is 1. The predicted molar refractivity (Wildman–Crippen MR) is 254 cm³/mol. The van der Waals surface area contributed by atoms with Gasteiger partial charge in [0, 0.05) is 23.4 Å². The molecule has 1 N–H and O–H groups in total. The Hall–Kier alpha value is -3.92. The zero-order chi connectivity index (χ0) is 45.8. The van der Waals surface area contributed by atoms with Gasteiger partial charge in [-0.25, -0.2) is 19.7 Å². The van der Waals surface area contributed by atoms with Crippen molar-refractivity contribution in [3.63, 3.8) is 0 Å². The summed E-state index contributed by atoms with van der Waals surface area (Å²) in [6.45, 7) is 33.0. The second kappa shape index (κ2) is 17.1. The second-order valence-corrected chi connectivity index (χ2v) is 28.3. The molecular weight excluding hydrogens is 827 g/mol. The highest BCUT2D eigenvalue weighted by Crippen LogP contribution is 2.63. The van der Waals surface area contributed by atoms with Gasteiger partial charge >= 0.3 is 0 Å². The van der Waals surface area contributed by atoms with Crippen LogP contribution < -0.4 is 5.32 Å². The number of rotatable bonds is 15. The van der Waals surface area contributed by atoms with Crippen molar-refractivity contribution in [2.75, 3.05) is 18.5 Å². The molecule has 340 valence electrons. The van der Waals surface area contributed by atoms with E-state index in [2.05, 4.69) is 93.7 Å². The number of nitrogens with one attached hydrogen (secondary N) is 1. The molecule has 2 fully saturated rings. The van der Waals surface area contributed by atoms with Crippen molar-refractivity contribution in [2.24, 2.45) is 16.2 Å². The van der Waals surface area contributed by atoms with Crippen LogP contribution in [0.5, 0.6) is 0 Å². The van der Waals surface area contributed by atoms with Gasteiger partial charge in [0.2, 0.25) is 5.78 Å². The van der Waals surface area contributed by atoms with E-state index in [1.165, 1.54) is 11.3 Å². The van der Waals surface area contributed by atoms with E-state index in [0.29, 0.717) is 29.9 Å². The minimum absolute atomic E-state index is 0.0267. The Kier molecular flexibility index (Phi) is 12.8. The number of ketones is 1. The molecule has 2 aliphatic rings. The van der Waals surface area contributed by atoms with Gasteiger partial charge in [0.05, 0.1) is 46.5 Å². The molecule has 0 amide bonds. The van der Waals surface area contributed by atoms with Crippen molar-refractivity contribution < 1.29 is 23.7 Å². The zero-order valence-corrected chi connectivity index (χ0v) is 41.9. The minimum Gasteiger partial charge on any atom is -0.414 e. The first-order valence-corrected chi connectivity index (χ1v) is 26.1. The van der Waals surface area contributed by atoms with Crippen LogP contribution >= 0.6 is 11.3 Å². The predicted octanol–water partition coefficient (Wildman–Crippen LogP) is 12.0. The summed E-state index contributed by atoms with van der Waals surface area (Å²) in [5.74, 6) is 0.191. The first-order valence-electron chi connectivity index (χ1n) is 22.4. The summed E-state index contributed by atoms with van der Waals surface area (Å²) in [4.78, 5) is 35.0. The molecule has 1 aromatic carbocycles. The molecule has 2 saturated carbocycles. The fourth-order valence-electron chi connectivity index (χ4n) is 10.5. The molecule has 7 rings (SSSR count). The lowest BCUT2D eigenvalue weighted by Gasteiger charge is -2.61. The lowest BCUT2D eigenvalue weighted by molar-refractivity contribution is -0.356. The third-order valence-electron chi connectivity index (χ3n) is 13.2. The molecule has 14 heteroatoms. The molecule has 0 aliphatic heterocycles. The molecule has 5 aromatic rings. The average Bonchev–Trinajstić information content (AvgIpc) is 3.73. The third-order valence-corrected chi connectivity index (χ3v) is 18.7. The maximum atomic E-state index is 14.0. The van der Waals surface area contributed by atoms with Crippen LogP contribution in [0.1, 0.15) is 134 Å². The van der Waals surface area contributed by atoms with Crippen LogP contribution in [0.25, 0.3) is 21.3 Å². The first-order chi connectivity index (χ1) is 29.3. The highest BCUT2D eigenvalue weighted by molar-refractivity contribution is 7.22. The molecule has 4 heterocycles. The van der Waals surface area contributed by atoms with E-state index in [1.54, 1.807) is 12.1 Å². The van der Waals surface area contributed by atoms with Crippen LogP contribution in [0.15, 0.2) is 48.7 Å². The topological polar surface area (TPSA) is 135 Å². The van der Waals surface area contributed by atoms with Crippen LogP contribution in [0.4, 0.5) is 10.9 Å². The maximum Gasteiger partial charge on any atom is 0.231 e. The minimum atomic E-state index is -1.88. The van der Waals surface area contributed by atoms with Crippen LogP contribution in [0.3, 0.4) is 0 Å². The SMILES string of the molecule is Cc1cc(C(=O)c2ccc(-c3cnn(CC4(C)CC5(C)CC(C)(C)CC(OCCO[Si](C)(C)C(C)(C)C)(C4)C5)c3C)c(COOC(C)(C)C)n2)nnc1Nc1nc2ccccc2s1. The quantitative estimate of drug-likeness (QED) is 0.0354. The summed E-state index contributed by atoms with van der Waals surface area (Å²) in [5, 5.41) is 17.8. The van der Waals surface area contributed by atoms with Crippen LogP contribution in [0.2, 0.25) is 18.1 Å². The van der Waals surface area contributed by atoms with Gasteiger partial charge in [-0.3, -0.25) is 9.48 Å². The Bertz CT molecular complexity index is 2430. The number of anilines is 2. The Balaban J connectivity index is 1.12. The number of carbonyl (C=O) groups excluding carboxylic acids is 1. The fraction of sp³-hybridized carbons (Fsp3) is 0.592. The lowest BCUT2D eigenvalue weighted by atomic mass is 9.48. The van der Waals surface area contributed by atoms with Crippen molar-refractivity contribution in [3.05, 3.63) is 77.0 Å². The van der Waals surface area contributed by atoms with Gasteiger partial charge in [-0.1, -0.05) is 78.0 Å². The number of aromatic nitrogens is 6. The largest absolute Gasteiger partial charge is 0.414 e. The van der Waals surface area contributed by atoms with E-state index in [9.17, 15) is 4.79 Å². The molecule has 63 heavy (non-hydrogen) atoms. The van der Waals surface area contributed by atoms with Gasteiger partial charge in [-0.2, -0.15) is 5.10 Å². The summed E-state index contributed by atoms with van der Waals surface area (Å²) in [7, 11) is -1.88.